The highest BCUT2D eigenvalue weighted by Crippen LogP contribution is 2.36. The molecule has 27 heavy (non-hydrogen) atoms. The molecule has 3 fully saturated rings. The number of hydrogen-bond acceptors (Lipinski definition) is 6. The van der Waals surface area contributed by atoms with Crippen LogP contribution in [0.2, 0.25) is 0 Å². The van der Waals surface area contributed by atoms with E-state index < -0.39 is 30.5 Å². The fourth-order valence-electron chi connectivity index (χ4n) is 4.60. The van der Waals surface area contributed by atoms with E-state index in [1.807, 2.05) is 0 Å². The van der Waals surface area contributed by atoms with Crippen molar-refractivity contribution < 1.29 is 29.2 Å². The molecule has 3 aliphatic rings. The molecule has 0 saturated carbocycles. The first kappa shape index (κ1) is 20.9. The monoisotopic (exact) mass is 382 g/mol. The number of hydrogen-bond donors (Lipinski definition) is 2. The van der Waals surface area contributed by atoms with E-state index in [0.717, 1.165) is 31.3 Å². The molecule has 0 amide bonds. The molecule has 0 spiro atoms. The summed E-state index contributed by atoms with van der Waals surface area (Å²) in [6.07, 6.45) is 2.16. The summed E-state index contributed by atoms with van der Waals surface area (Å²) in [4.78, 5) is 12.4. The largest absolute Gasteiger partial charge is 0.390 e. The average molecular weight is 382 g/mol. The highest BCUT2D eigenvalue weighted by Gasteiger charge is 2.51. The Bertz CT molecular complexity index is 535. The lowest BCUT2D eigenvalue weighted by Crippen LogP contribution is -2.49. The van der Waals surface area contributed by atoms with E-state index >= 15 is 0 Å². The first-order chi connectivity index (χ1) is 12.9. The molecule has 0 bridgehead atoms. The molecule has 3 rings (SSSR count). The van der Waals surface area contributed by atoms with Crippen molar-refractivity contribution in [2.75, 3.05) is 0 Å². The van der Waals surface area contributed by atoms with E-state index in [9.17, 15) is 15.0 Å². The zero-order valence-corrected chi connectivity index (χ0v) is 16.5. The molecule has 0 aromatic heterocycles. The summed E-state index contributed by atoms with van der Waals surface area (Å²) in [5.74, 6) is 0.0476. The lowest BCUT2D eigenvalue weighted by Gasteiger charge is -2.35. The van der Waals surface area contributed by atoms with E-state index in [2.05, 4.69) is 20.4 Å². The Balaban J connectivity index is 1.47. The van der Waals surface area contributed by atoms with Gasteiger partial charge in [-0.2, -0.15) is 0 Å². The Morgan fingerprint density at radius 3 is 2.56 bits per heavy atom. The maximum Gasteiger partial charge on any atom is 0.135 e. The van der Waals surface area contributed by atoms with E-state index in [1.165, 1.54) is 0 Å². The van der Waals surface area contributed by atoms with Crippen LogP contribution in [0.5, 0.6) is 0 Å². The second-order valence-corrected chi connectivity index (χ2v) is 8.24. The number of carbonyl (C=O) groups is 1. The van der Waals surface area contributed by atoms with Crippen LogP contribution in [0.15, 0.2) is 12.2 Å². The summed E-state index contributed by atoms with van der Waals surface area (Å²) >= 11 is 0. The third kappa shape index (κ3) is 4.80. The molecule has 0 aromatic carbocycles. The molecular weight excluding hydrogens is 348 g/mol. The van der Waals surface area contributed by atoms with Gasteiger partial charge in [0.2, 0.25) is 0 Å². The first-order valence-electron chi connectivity index (χ1n) is 10.4. The summed E-state index contributed by atoms with van der Waals surface area (Å²) in [5, 5.41) is 20.9. The molecular formula is C21H34O6. The number of Topliss-reactive ketones (excluding diaryl/α,β-unsaturated/α-hetero) is 1. The van der Waals surface area contributed by atoms with E-state index in [1.54, 1.807) is 0 Å². The fourth-order valence-corrected chi connectivity index (χ4v) is 4.60. The van der Waals surface area contributed by atoms with Crippen LogP contribution in [0.25, 0.3) is 0 Å². The van der Waals surface area contributed by atoms with Crippen LogP contribution in [-0.4, -0.2) is 64.8 Å². The number of carbonyl (C=O) groups excluding carboxylic acids is 1. The second kappa shape index (κ2) is 9.14. The molecule has 3 heterocycles. The second-order valence-electron chi connectivity index (χ2n) is 8.24. The topological polar surface area (TPSA) is 85.2 Å². The van der Waals surface area contributed by atoms with Gasteiger partial charge in [0, 0.05) is 19.3 Å². The quantitative estimate of drug-likeness (QED) is 0.627. The van der Waals surface area contributed by atoms with Gasteiger partial charge in [-0.25, -0.2) is 0 Å². The van der Waals surface area contributed by atoms with Crippen molar-refractivity contribution in [3.05, 3.63) is 12.2 Å². The molecule has 0 aliphatic carbocycles. The molecule has 0 aromatic rings. The van der Waals surface area contributed by atoms with Gasteiger partial charge in [0.25, 0.3) is 0 Å². The Morgan fingerprint density at radius 2 is 1.89 bits per heavy atom. The standard InChI is InChI=1S/C21H34O6/c1-4-6-14-11-16(23)20-21(26-14)19(24)18(27-20)10-13(22)7-8-15-9-12(3)17(5-2)25-15/h14-21,23-24H,3-11H2,1-2H3/t14?,15?,16?,17?,18-,19?,20?,21+/m1/s1. The third-order valence-corrected chi connectivity index (χ3v) is 6.06. The van der Waals surface area contributed by atoms with Crippen molar-refractivity contribution in [1.29, 1.82) is 0 Å². The Labute approximate surface area is 161 Å². The summed E-state index contributed by atoms with van der Waals surface area (Å²) in [6.45, 7) is 8.18. The van der Waals surface area contributed by atoms with Crippen LogP contribution in [0.3, 0.4) is 0 Å². The fraction of sp³-hybridized carbons (Fsp3) is 0.857. The number of rotatable bonds is 8. The first-order valence-corrected chi connectivity index (χ1v) is 10.4. The van der Waals surface area contributed by atoms with Crippen LogP contribution in [0.1, 0.15) is 65.2 Å². The SMILES string of the molecule is C=C1CC(CCC(=O)C[C@H]2OC3C(O)CC(CCC)O[C@H]3C2O)OC1CC. The number of fused-ring (bicyclic) bond motifs is 1. The molecule has 6 nitrogen and oxygen atoms in total. The van der Waals surface area contributed by atoms with E-state index in [4.69, 9.17) is 14.2 Å². The summed E-state index contributed by atoms with van der Waals surface area (Å²) in [6, 6.07) is 0. The zero-order chi connectivity index (χ0) is 19.6. The van der Waals surface area contributed by atoms with Gasteiger partial charge in [-0.1, -0.05) is 26.8 Å². The van der Waals surface area contributed by atoms with Gasteiger partial charge < -0.3 is 24.4 Å². The minimum atomic E-state index is -0.875. The van der Waals surface area contributed by atoms with Crippen LogP contribution < -0.4 is 0 Å². The summed E-state index contributed by atoms with van der Waals surface area (Å²) < 4.78 is 17.7. The van der Waals surface area contributed by atoms with Gasteiger partial charge in [0.1, 0.15) is 24.1 Å². The van der Waals surface area contributed by atoms with E-state index in [0.29, 0.717) is 19.3 Å². The average Bonchev–Trinajstić information content (AvgIpc) is 3.14. The maximum atomic E-state index is 12.4. The van der Waals surface area contributed by atoms with Gasteiger partial charge in [0.05, 0.1) is 30.5 Å². The van der Waals surface area contributed by atoms with Crippen LogP contribution in [0.4, 0.5) is 0 Å². The third-order valence-electron chi connectivity index (χ3n) is 6.06. The Kier molecular flexibility index (Phi) is 7.08. The van der Waals surface area contributed by atoms with Crippen molar-refractivity contribution in [2.24, 2.45) is 0 Å². The van der Waals surface area contributed by atoms with Crippen molar-refractivity contribution in [3.8, 4) is 0 Å². The minimum Gasteiger partial charge on any atom is -0.390 e. The van der Waals surface area contributed by atoms with Crippen molar-refractivity contribution in [2.45, 2.75) is 114 Å². The number of aliphatic hydroxyl groups is 2. The summed E-state index contributed by atoms with van der Waals surface area (Å²) in [5.41, 5.74) is 1.11. The smallest absolute Gasteiger partial charge is 0.135 e. The Morgan fingerprint density at radius 1 is 1.11 bits per heavy atom. The van der Waals surface area contributed by atoms with Crippen LogP contribution in [-0.2, 0) is 19.0 Å². The molecule has 0 radical (unpaired) electrons. The van der Waals surface area contributed by atoms with Gasteiger partial charge in [0.15, 0.2) is 0 Å². The summed E-state index contributed by atoms with van der Waals surface area (Å²) in [7, 11) is 0. The maximum absolute atomic E-state index is 12.4. The van der Waals surface area contributed by atoms with Crippen molar-refractivity contribution in [1.82, 2.24) is 0 Å². The van der Waals surface area contributed by atoms with Gasteiger partial charge in [-0.05, 0) is 31.3 Å². The number of ether oxygens (including phenoxy) is 3. The van der Waals surface area contributed by atoms with Crippen LogP contribution >= 0.6 is 0 Å². The van der Waals surface area contributed by atoms with E-state index in [-0.39, 0.29) is 30.5 Å². The number of ketones is 1. The molecule has 3 aliphatic heterocycles. The van der Waals surface area contributed by atoms with Gasteiger partial charge in [-0.3, -0.25) is 4.79 Å². The number of aliphatic hydroxyl groups excluding tert-OH is 2. The normalized spacial score (nSPS) is 41.7. The lowest BCUT2D eigenvalue weighted by molar-refractivity contribution is -0.164. The van der Waals surface area contributed by atoms with Crippen molar-refractivity contribution >= 4 is 5.78 Å². The predicted octanol–water partition coefficient (Wildman–Crippen LogP) is 2.30. The van der Waals surface area contributed by atoms with Crippen LogP contribution in [0, 0.1) is 0 Å². The van der Waals surface area contributed by atoms with Gasteiger partial charge in [-0.15, -0.1) is 0 Å². The zero-order valence-electron chi connectivity index (χ0n) is 16.5. The van der Waals surface area contributed by atoms with Crippen molar-refractivity contribution in [3.63, 3.8) is 0 Å². The molecule has 154 valence electrons. The predicted molar refractivity (Wildman–Crippen MR) is 100 cm³/mol. The van der Waals surface area contributed by atoms with Gasteiger partial charge >= 0.3 is 0 Å². The highest BCUT2D eigenvalue weighted by molar-refractivity contribution is 5.79. The molecule has 3 saturated heterocycles. The molecule has 6 heteroatoms. The Hall–Kier alpha value is -0.790. The molecule has 8 atom stereocenters. The minimum absolute atomic E-state index is 0.0476. The highest BCUT2D eigenvalue weighted by atomic mass is 16.6. The molecule has 2 N–H and O–H groups in total. The lowest BCUT2D eigenvalue weighted by atomic mass is 9.93. The molecule has 6 unspecified atom stereocenters.